The van der Waals surface area contributed by atoms with Crippen LogP contribution in [0.2, 0.25) is 0 Å². The molecule has 0 saturated carbocycles. The molecule has 0 radical (unpaired) electrons. The summed E-state index contributed by atoms with van der Waals surface area (Å²) in [4.78, 5) is 6.70. The summed E-state index contributed by atoms with van der Waals surface area (Å²) in [5.74, 6) is 2.29. The number of benzene rings is 1. The standard InChI is InChI=1S/C17H27N3O2/c1-14-6-8-20(9-7-14)17(18)19-13-15-4-3-5-16(12-15)22-11-10-21-2/h3-5,12,14H,6-11,13H2,1-2H3,(H2,18,19). The molecule has 0 aliphatic carbocycles. The third-order valence-electron chi connectivity index (χ3n) is 3.99. The minimum absolute atomic E-state index is 0.553. The first-order valence-corrected chi connectivity index (χ1v) is 7.94. The van der Waals surface area contributed by atoms with Gasteiger partial charge in [0.15, 0.2) is 5.96 Å². The molecule has 0 atom stereocenters. The van der Waals surface area contributed by atoms with Crippen molar-refractivity contribution >= 4 is 5.96 Å². The van der Waals surface area contributed by atoms with Crippen molar-refractivity contribution in [3.05, 3.63) is 29.8 Å². The van der Waals surface area contributed by atoms with Crippen molar-refractivity contribution in [2.24, 2.45) is 16.6 Å². The number of rotatable bonds is 6. The Kier molecular flexibility index (Phi) is 6.52. The number of likely N-dealkylation sites (tertiary alicyclic amines) is 1. The van der Waals surface area contributed by atoms with Gasteiger partial charge in [0.05, 0.1) is 13.2 Å². The van der Waals surface area contributed by atoms with Gasteiger partial charge in [-0.05, 0) is 36.5 Å². The van der Waals surface area contributed by atoms with Crippen LogP contribution in [0, 0.1) is 5.92 Å². The SMILES string of the molecule is COCCOc1cccc(CN=C(N)N2CCC(C)CC2)c1. The lowest BCUT2D eigenvalue weighted by atomic mass is 10.00. The molecule has 5 heteroatoms. The van der Waals surface area contributed by atoms with E-state index in [1.165, 1.54) is 12.8 Å². The summed E-state index contributed by atoms with van der Waals surface area (Å²) in [6.45, 7) is 6.03. The van der Waals surface area contributed by atoms with E-state index < -0.39 is 0 Å². The third kappa shape index (κ3) is 5.22. The molecular formula is C17H27N3O2. The monoisotopic (exact) mass is 305 g/mol. The zero-order valence-corrected chi connectivity index (χ0v) is 13.6. The number of guanidine groups is 1. The second-order valence-corrected chi connectivity index (χ2v) is 5.83. The van der Waals surface area contributed by atoms with E-state index in [2.05, 4.69) is 16.8 Å². The van der Waals surface area contributed by atoms with Crippen LogP contribution in [-0.4, -0.2) is 44.3 Å². The molecule has 0 aromatic heterocycles. The second kappa shape index (κ2) is 8.63. The largest absolute Gasteiger partial charge is 0.491 e. The average molecular weight is 305 g/mol. The van der Waals surface area contributed by atoms with Crippen molar-refractivity contribution in [1.29, 1.82) is 0 Å². The van der Waals surface area contributed by atoms with Gasteiger partial charge in [-0.2, -0.15) is 0 Å². The average Bonchev–Trinajstić information content (AvgIpc) is 2.54. The van der Waals surface area contributed by atoms with Crippen LogP contribution in [0.4, 0.5) is 0 Å². The molecular weight excluding hydrogens is 278 g/mol. The summed E-state index contributed by atoms with van der Waals surface area (Å²) in [5.41, 5.74) is 7.21. The number of ether oxygens (including phenoxy) is 2. The van der Waals surface area contributed by atoms with Crippen molar-refractivity contribution in [3.8, 4) is 5.75 Å². The van der Waals surface area contributed by atoms with E-state index in [1.54, 1.807) is 7.11 Å². The first-order chi connectivity index (χ1) is 10.7. The van der Waals surface area contributed by atoms with E-state index in [9.17, 15) is 0 Å². The Hall–Kier alpha value is -1.75. The van der Waals surface area contributed by atoms with Crippen LogP contribution in [0.5, 0.6) is 5.75 Å². The van der Waals surface area contributed by atoms with E-state index in [0.29, 0.717) is 25.7 Å². The molecule has 1 heterocycles. The van der Waals surface area contributed by atoms with E-state index in [-0.39, 0.29) is 0 Å². The Morgan fingerprint density at radius 1 is 1.32 bits per heavy atom. The number of nitrogens with zero attached hydrogens (tertiary/aromatic N) is 2. The highest BCUT2D eigenvalue weighted by Gasteiger charge is 2.16. The number of hydrogen-bond donors (Lipinski definition) is 1. The third-order valence-corrected chi connectivity index (χ3v) is 3.99. The first kappa shape index (κ1) is 16.6. The molecule has 122 valence electrons. The van der Waals surface area contributed by atoms with Gasteiger partial charge in [-0.15, -0.1) is 0 Å². The van der Waals surface area contributed by atoms with Crippen LogP contribution in [-0.2, 0) is 11.3 Å². The van der Waals surface area contributed by atoms with Gasteiger partial charge in [0, 0.05) is 20.2 Å². The second-order valence-electron chi connectivity index (χ2n) is 5.83. The van der Waals surface area contributed by atoms with Crippen molar-refractivity contribution in [3.63, 3.8) is 0 Å². The highest BCUT2D eigenvalue weighted by molar-refractivity contribution is 5.78. The predicted molar refractivity (Wildman–Crippen MR) is 89.1 cm³/mol. The summed E-state index contributed by atoms with van der Waals surface area (Å²) in [6, 6.07) is 7.97. The number of aliphatic imine (C=N–C) groups is 1. The van der Waals surface area contributed by atoms with Crippen LogP contribution >= 0.6 is 0 Å². The van der Waals surface area contributed by atoms with E-state index in [1.807, 2.05) is 24.3 Å². The number of hydrogen-bond acceptors (Lipinski definition) is 3. The van der Waals surface area contributed by atoms with Crippen molar-refractivity contribution < 1.29 is 9.47 Å². The van der Waals surface area contributed by atoms with Gasteiger partial charge in [0.1, 0.15) is 12.4 Å². The van der Waals surface area contributed by atoms with Gasteiger partial charge in [-0.25, -0.2) is 4.99 Å². The maximum atomic E-state index is 6.11. The fourth-order valence-corrected chi connectivity index (χ4v) is 2.49. The Morgan fingerprint density at radius 3 is 2.82 bits per heavy atom. The molecule has 1 aliphatic heterocycles. The first-order valence-electron chi connectivity index (χ1n) is 7.94. The molecule has 1 saturated heterocycles. The zero-order valence-electron chi connectivity index (χ0n) is 13.6. The van der Waals surface area contributed by atoms with Crippen LogP contribution < -0.4 is 10.5 Å². The van der Waals surface area contributed by atoms with E-state index in [0.717, 1.165) is 30.3 Å². The van der Waals surface area contributed by atoms with Gasteiger partial charge >= 0.3 is 0 Å². The summed E-state index contributed by atoms with van der Waals surface area (Å²) in [7, 11) is 1.67. The maximum absolute atomic E-state index is 6.11. The normalized spacial score (nSPS) is 16.8. The van der Waals surface area contributed by atoms with E-state index in [4.69, 9.17) is 15.2 Å². The van der Waals surface area contributed by atoms with Gasteiger partial charge < -0.3 is 20.1 Å². The molecule has 2 rings (SSSR count). The highest BCUT2D eigenvalue weighted by Crippen LogP contribution is 2.17. The van der Waals surface area contributed by atoms with Crippen LogP contribution in [0.3, 0.4) is 0 Å². The Labute approximate surface area is 133 Å². The Morgan fingerprint density at radius 2 is 2.09 bits per heavy atom. The molecule has 1 aromatic rings. The van der Waals surface area contributed by atoms with Crippen molar-refractivity contribution in [2.45, 2.75) is 26.3 Å². The number of piperidine rings is 1. The Bertz CT molecular complexity index is 483. The van der Waals surface area contributed by atoms with E-state index >= 15 is 0 Å². The van der Waals surface area contributed by atoms with Crippen molar-refractivity contribution in [2.75, 3.05) is 33.4 Å². The molecule has 0 bridgehead atoms. The molecule has 2 N–H and O–H groups in total. The fraction of sp³-hybridized carbons (Fsp3) is 0.588. The summed E-state index contributed by atoms with van der Waals surface area (Å²) in [5, 5.41) is 0. The van der Waals surface area contributed by atoms with Gasteiger partial charge in [0.25, 0.3) is 0 Å². The molecule has 22 heavy (non-hydrogen) atoms. The minimum atomic E-state index is 0.553. The van der Waals surface area contributed by atoms with Crippen LogP contribution in [0.15, 0.2) is 29.3 Å². The lowest BCUT2D eigenvalue weighted by Gasteiger charge is -2.31. The fourth-order valence-electron chi connectivity index (χ4n) is 2.49. The lowest BCUT2D eigenvalue weighted by Crippen LogP contribution is -2.42. The van der Waals surface area contributed by atoms with Crippen LogP contribution in [0.1, 0.15) is 25.3 Å². The maximum Gasteiger partial charge on any atom is 0.191 e. The number of methoxy groups -OCH3 is 1. The summed E-state index contributed by atoms with van der Waals surface area (Å²) >= 11 is 0. The van der Waals surface area contributed by atoms with Gasteiger partial charge in [-0.3, -0.25) is 0 Å². The summed E-state index contributed by atoms with van der Waals surface area (Å²) in [6.07, 6.45) is 2.39. The molecule has 0 unspecified atom stereocenters. The molecule has 1 fully saturated rings. The zero-order chi connectivity index (χ0) is 15.8. The smallest absolute Gasteiger partial charge is 0.191 e. The lowest BCUT2D eigenvalue weighted by molar-refractivity contribution is 0.146. The summed E-state index contributed by atoms with van der Waals surface area (Å²) < 4.78 is 10.6. The van der Waals surface area contributed by atoms with Crippen LogP contribution in [0.25, 0.3) is 0 Å². The minimum Gasteiger partial charge on any atom is -0.491 e. The van der Waals surface area contributed by atoms with Crippen molar-refractivity contribution in [1.82, 2.24) is 4.90 Å². The topological polar surface area (TPSA) is 60.1 Å². The Balaban J connectivity index is 1.87. The quantitative estimate of drug-likeness (QED) is 0.497. The highest BCUT2D eigenvalue weighted by atomic mass is 16.5. The van der Waals surface area contributed by atoms with Gasteiger partial charge in [0.2, 0.25) is 0 Å². The molecule has 1 aromatic carbocycles. The molecule has 5 nitrogen and oxygen atoms in total. The predicted octanol–water partition coefficient (Wildman–Crippen LogP) is 2.26. The molecule has 1 aliphatic rings. The van der Waals surface area contributed by atoms with Gasteiger partial charge in [-0.1, -0.05) is 19.1 Å². The molecule has 0 amide bonds. The molecule has 0 spiro atoms. The number of nitrogens with two attached hydrogens (primary N) is 1.